The highest BCUT2D eigenvalue weighted by Gasteiger charge is 2.35. The van der Waals surface area contributed by atoms with Gasteiger partial charge in [0.1, 0.15) is 5.75 Å². The first-order valence-corrected chi connectivity index (χ1v) is 8.88. The molecule has 0 radical (unpaired) electrons. The Balaban J connectivity index is 1.93. The van der Waals surface area contributed by atoms with Crippen LogP contribution in [0, 0.1) is 5.92 Å². The van der Waals surface area contributed by atoms with E-state index >= 15 is 0 Å². The Bertz CT molecular complexity index is 556. The zero-order chi connectivity index (χ0) is 17.5. The molecule has 2 amide bonds. The van der Waals surface area contributed by atoms with Crippen molar-refractivity contribution in [1.29, 1.82) is 0 Å². The minimum atomic E-state index is -0.270. The van der Waals surface area contributed by atoms with Crippen molar-refractivity contribution in [3.8, 4) is 5.75 Å². The van der Waals surface area contributed by atoms with Gasteiger partial charge in [0, 0.05) is 24.7 Å². The quantitative estimate of drug-likeness (QED) is 0.795. The van der Waals surface area contributed by atoms with Crippen LogP contribution in [0.5, 0.6) is 5.75 Å². The molecular weight excluding hydrogens is 304 g/mol. The van der Waals surface area contributed by atoms with E-state index in [9.17, 15) is 9.59 Å². The highest BCUT2D eigenvalue weighted by Crippen LogP contribution is 2.27. The van der Waals surface area contributed by atoms with Crippen LogP contribution in [0.3, 0.4) is 0 Å². The Morgan fingerprint density at radius 1 is 1.33 bits per heavy atom. The molecule has 1 N–H and O–H groups in total. The summed E-state index contributed by atoms with van der Waals surface area (Å²) in [4.78, 5) is 26.3. The van der Waals surface area contributed by atoms with Crippen molar-refractivity contribution in [2.75, 3.05) is 18.1 Å². The Morgan fingerprint density at radius 3 is 2.67 bits per heavy atom. The summed E-state index contributed by atoms with van der Waals surface area (Å²) in [6.45, 7) is 7.15. The largest absolute Gasteiger partial charge is 0.494 e. The van der Waals surface area contributed by atoms with Crippen LogP contribution in [-0.2, 0) is 9.59 Å². The van der Waals surface area contributed by atoms with E-state index < -0.39 is 0 Å². The molecule has 5 heteroatoms. The summed E-state index contributed by atoms with van der Waals surface area (Å²) in [5.74, 6) is 0.501. The third kappa shape index (κ3) is 4.73. The van der Waals surface area contributed by atoms with Crippen LogP contribution >= 0.6 is 0 Å². The Labute approximate surface area is 144 Å². The first kappa shape index (κ1) is 18.3. The summed E-state index contributed by atoms with van der Waals surface area (Å²) in [7, 11) is 0. The fraction of sp³-hybridized carbons (Fsp3) is 0.579. The van der Waals surface area contributed by atoms with Crippen molar-refractivity contribution in [3.63, 3.8) is 0 Å². The number of anilines is 1. The number of benzene rings is 1. The van der Waals surface area contributed by atoms with E-state index in [1.165, 1.54) is 0 Å². The maximum Gasteiger partial charge on any atom is 0.227 e. The van der Waals surface area contributed by atoms with Gasteiger partial charge in [-0.25, -0.2) is 0 Å². The molecule has 1 aromatic rings. The van der Waals surface area contributed by atoms with Crippen molar-refractivity contribution in [2.45, 2.75) is 52.5 Å². The van der Waals surface area contributed by atoms with Gasteiger partial charge in [0.15, 0.2) is 0 Å². The summed E-state index contributed by atoms with van der Waals surface area (Å²) in [6.07, 6.45) is 3.47. The van der Waals surface area contributed by atoms with E-state index in [0.29, 0.717) is 13.2 Å². The van der Waals surface area contributed by atoms with Gasteiger partial charge in [-0.2, -0.15) is 0 Å². The minimum Gasteiger partial charge on any atom is -0.494 e. The van der Waals surface area contributed by atoms with Crippen molar-refractivity contribution in [1.82, 2.24) is 5.32 Å². The molecule has 0 bridgehead atoms. The van der Waals surface area contributed by atoms with Gasteiger partial charge in [-0.15, -0.1) is 0 Å². The minimum absolute atomic E-state index is 0.000483. The molecule has 2 rings (SSSR count). The Morgan fingerprint density at radius 2 is 2.04 bits per heavy atom. The Hall–Kier alpha value is -2.04. The van der Waals surface area contributed by atoms with Gasteiger partial charge >= 0.3 is 0 Å². The lowest BCUT2D eigenvalue weighted by Crippen LogP contribution is -2.38. The summed E-state index contributed by atoms with van der Waals surface area (Å²) in [5, 5.41) is 3.04. The average molecular weight is 332 g/mol. The summed E-state index contributed by atoms with van der Waals surface area (Å²) >= 11 is 0. The van der Waals surface area contributed by atoms with Crippen molar-refractivity contribution in [3.05, 3.63) is 24.3 Å². The number of nitrogens with one attached hydrogen (secondary N) is 1. The molecular formula is C19H28N2O3. The first-order chi connectivity index (χ1) is 11.5. The van der Waals surface area contributed by atoms with E-state index in [2.05, 4.69) is 12.2 Å². The molecule has 5 nitrogen and oxygen atoms in total. The topological polar surface area (TPSA) is 58.6 Å². The first-order valence-electron chi connectivity index (χ1n) is 8.88. The standard InChI is InChI=1S/C19H28N2O3/c1-4-6-7-14(3)20-19(23)15-12-18(22)21(13-15)16-8-10-17(11-9-16)24-5-2/h8-11,14-15H,4-7,12-13H2,1-3H3,(H,20,23)/t14-,15+/m0/s1. The lowest BCUT2D eigenvalue weighted by Gasteiger charge is -2.18. The molecule has 1 aliphatic rings. The molecule has 1 heterocycles. The average Bonchev–Trinajstić information content (AvgIpc) is 2.96. The molecule has 1 aliphatic heterocycles. The summed E-state index contributed by atoms with van der Waals surface area (Å²) in [5.41, 5.74) is 0.817. The van der Waals surface area contributed by atoms with Crippen molar-refractivity contribution in [2.24, 2.45) is 5.92 Å². The maximum atomic E-state index is 12.4. The van der Waals surface area contributed by atoms with Gasteiger partial charge in [-0.05, 0) is 44.5 Å². The number of ether oxygens (including phenoxy) is 1. The fourth-order valence-electron chi connectivity index (χ4n) is 2.96. The van der Waals surface area contributed by atoms with Gasteiger partial charge in [-0.3, -0.25) is 9.59 Å². The van der Waals surface area contributed by atoms with E-state index in [1.807, 2.05) is 38.1 Å². The normalized spacial score (nSPS) is 18.5. The fourth-order valence-corrected chi connectivity index (χ4v) is 2.96. The number of nitrogens with zero attached hydrogens (tertiary/aromatic N) is 1. The highest BCUT2D eigenvalue weighted by molar-refractivity contribution is 6.00. The van der Waals surface area contributed by atoms with Crippen molar-refractivity contribution < 1.29 is 14.3 Å². The molecule has 1 fully saturated rings. The van der Waals surface area contributed by atoms with E-state index in [-0.39, 0.29) is 30.2 Å². The zero-order valence-electron chi connectivity index (χ0n) is 14.9. The predicted octanol–water partition coefficient (Wildman–Crippen LogP) is 3.13. The number of hydrogen-bond donors (Lipinski definition) is 1. The van der Waals surface area contributed by atoms with E-state index in [1.54, 1.807) is 4.90 Å². The molecule has 132 valence electrons. The molecule has 0 unspecified atom stereocenters. The number of amides is 2. The van der Waals surface area contributed by atoms with Gasteiger partial charge in [-0.1, -0.05) is 19.8 Å². The van der Waals surface area contributed by atoms with Gasteiger partial charge in [0.05, 0.1) is 12.5 Å². The second-order valence-electron chi connectivity index (χ2n) is 6.38. The second kappa shape index (κ2) is 8.71. The van der Waals surface area contributed by atoms with Crippen LogP contribution in [0.1, 0.15) is 46.5 Å². The van der Waals surface area contributed by atoms with Crippen LogP contribution in [0.4, 0.5) is 5.69 Å². The number of hydrogen-bond acceptors (Lipinski definition) is 3. The molecule has 0 spiro atoms. The molecule has 0 aliphatic carbocycles. The van der Waals surface area contributed by atoms with Gasteiger partial charge < -0.3 is 15.0 Å². The maximum absolute atomic E-state index is 12.4. The van der Waals surface area contributed by atoms with Crippen LogP contribution in [0.25, 0.3) is 0 Å². The van der Waals surface area contributed by atoms with Crippen LogP contribution < -0.4 is 15.0 Å². The van der Waals surface area contributed by atoms with Gasteiger partial charge in [0.2, 0.25) is 11.8 Å². The number of carbonyl (C=O) groups is 2. The molecule has 0 aromatic heterocycles. The zero-order valence-corrected chi connectivity index (χ0v) is 14.9. The lowest BCUT2D eigenvalue weighted by molar-refractivity contribution is -0.126. The van der Waals surface area contributed by atoms with Crippen LogP contribution in [0.2, 0.25) is 0 Å². The molecule has 0 saturated carbocycles. The monoisotopic (exact) mass is 332 g/mol. The lowest BCUT2D eigenvalue weighted by atomic mass is 10.1. The number of unbranched alkanes of at least 4 members (excludes halogenated alkanes) is 1. The second-order valence-corrected chi connectivity index (χ2v) is 6.38. The molecule has 2 atom stereocenters. The predicted molar refractivity (Wildman–Crippen MR) is 95.2 cm³/mol. The van der Waals surface area contributed by atoms with E-state index in [0.717, 1.165) is 30.7 Å². The van der Waals surface area contributed by atoms with E-state index in [4.69, 9.17) is 4.74 Å². The highest BCUT2D eigenvalue weighted by atomic mass is 16.5. The third-order valence-corrected chi connectivity index (χ3v) is 4.33. The molecule has 24 heavy (non-hydrogen) atoms. The van der Waals surface area contributed by atoms with Crippen molar-refractivity contribution >= 4 is 17.5 Å². The Kier molecular flexibility index (Phi) is 6.64. The van der Waals surface area contributed by atoms with Crippen LogP contribution in [0.15, 0.2) is 24.3 Å². The SMILES string of the molecule is CCCC[C@H](C)NC(=O)[C@@H]1CC(=O)N(c2ccc(OCC)cc2)C1. The molecule has 1 aromatic carbocycles. The number of rotatable bonds is 8. The number of carbonyl (C=O) groups excluding carboxylic acids is 2. The summed E-state index contributed by atoms with van der Waals surface area (Å²) < 4.78 is 5.42. The van der Waals surface area contributed by atoms with Gasteiger partial charge in [0.25, 0.3) is 0 Å². The summed E-state index contributed by atoms with van der Waals surface area (Å²) in [6, 6.07) is 7.60. The third-order valence-electron chi connectivity index (χ3n) is 4.33. The molecule has 1 saturated heterocycles. The van der Waals surface area contributed by atoms with Crippen LogP contribution in [-0.4, -0.2) is 31.0 Å². The smallest absolute Gasteiger partial charge is 0.227 e.